The number of amides is 3. The van der Waals surface area contributed by atoms with Crippen LogP contribution in [0.3, 0.4) is 0 Å². The summed E-state index contributed by atoms with van der Waals surface area (Å²) < 4.78 is 10.5. The molecule has 2 unspecified atom stereocenters. The van der Waals surface area contributed by atoms with Crippen LogP contribution in [0.4, 0.5) is 10.5 Å². The molecule has 0 aliphatic carbocycles. The molecule has 0 spiro atoms. The molecular weight excluding hydrogens is 490 g/mol. The van der Waals surface area contributed by atoms with Gasteiger partial charge in [-0.2, -0.15) is 12.6 Å². The van der Waals surface area contributed by atoms with E-state index < -0.39 is 29.7 Å². The molecular formula is C28H39N3O5S. The third-order valence-corrected chi connectivity index (χ3v) is 5.85. The lowest BCUT2D eigenvalue weighted by atomic mass is 10.0. The molecule has 0 saturated heterocycles. The Bertz CT molecular complexity index is 1050. The first-order valence-electron chi connectivity index (χ1n) is 12.4. The Morgan fingerprint density at radius 2 is 1.76 bits per heavy atom. The smallest absolute Gasteiger partial charge is 0.408 e. The normalized spacial score (nSPS) is 12.7. The van der Waals surface area contributed by atoms with E-state index in [1.54, 1.807) is 52.1 Å². The van der Waals surface area contributed by atoms with E-state index >= 15 is 0 Å². The maximum Gasteiger partial charge on any atom is 0.408 e. The van der Waals surface area contributed by atoms with Gasteiger partial charge in [0.05, 0.1) is 7.11 Å². The minimum atomic E-state index is -0.976. The van der Waals surface area contributed by atoms with Crippen molar-refractivity contribution in [3.63, 3.8) is 0 Å². The van der Waals surface area contributed by atoms with E-state index in [1.165, 1.54) is 4.90 Å². The Labute approximate surface area is 225 Å². The number of anilines is 1. The van der Waals surface area contributed by atoms with Gasteiger partial charge in [0.25, 0.3) is 5.91 Å². The van der Waals surface area contributed by atoms with E-state index in [-0.39, 0.29) is 11.7 Å². The number of aryl methyl sites for hydroxylation is 1. The quantitative estimate of drug-likeness (QED) is 0.351. The lowest BCUT2D eigenvalue weighted by Crippen LogP contribution is -2.53. The van der Waals surface area contributed by atoms with Crippen LogP contribution < -0.4 is 15.4 Å². The number of methoxy groups -OCH3 is 1. The summed E-state index contributed by atoms with van der Waals surface area (Å²) in [6.07, 6.45) is 0.774. The van der Waals surface area contributed by atoms with Crippen molar-refractivity contribution in [2.45, 2.75) is 65.1 Å². The minimum Gasteiger partial charge on any atom is -0.497 e. The van der Waals surface area contributed by atoms with Gasteiger partial charge in [-0.3, -0.25) is 9.59 Å². The van der Waals surface area contributed by atoms with Crippen molar-refractivity contribution in [1.29, 1.82) is 0 Å². The molecule has 2 aromatic carbocycles. The fourth-order valence-corrected chi connectivity index (χ4v) is 3.98. The van der Waals surface area contributed by atoms with Crippen LogP contribution in [0.25, 0.3) is 0 Å². The fraction of sp³-hybridized carbons (Fsp3) is 0.464. The SMILES string of the molecule is CCCCN(C(=O)C(CS)NC(=O)OC(C)(C)C)C(C(=O)Nc1ccc(OC)cc1)c1cccc(C)c1. The molecule has 0 aromatic heterocycles. The standard InChI is InChI=1S/C28H39N3O5S/c1-7-8-16-31(26(33)23(18-37)30-27(34)36-28(3,4)5)24(20-11-9-10-19(2)17-20)25(32)29-21-12-14-22(35-6)15-13-21/h9-15,17,23-24,37H,7-8,16,18H2,1-6H3,(H,29,32)(H,30,34). The highest BCUT2D eigenvalue weighted by Crippen LogP contribution is 2.26. The molecule has 0 heterocycles. The van der Waals surface area contributed by atoms with Crippen LogP contribution in [0.15, 0.2) is 48.5 Å². The van der Waals surface area contributed by atoms with Gasteiger partial charge in [0.1, 0.15) is 23.4 Å². The van der Waals surface area contributed by atoms with Gasteiger partial charge in [0, 0.05) is 18.0 Å². The van der Waals surface area contributed by atoms with Crippen LogP contribution >= 0.6 is 12.6 Å². The number of nitrogens with one attached hydrogen (secondary N) is 2. The second-order valence-corrected chi connectivity index (χ2v) is 10.2. The molecule has 2 rings (SSSR count). The highest BCUT2D eigenvalue weighted by molar-refractivity contribution is 7.80. The fourth-order valence-electron chi connectivity index (χ4n) is 3.73. The van der Waals surface area contributed by atoms with E-state index in [9.17, 15) is 14.4 Å². The van der Waals surface area contributed by atoms with Gasteiger partial charge in [0.2, 0.25) is 5.91 Å². The summed E-state index contributed by atoms with van der Waals surface area (Å²) in [5.74, 6) is -0.0691. The number of thiol groups is 1. The molecule has 37 heavy (non-hydrogen) atoms. The zero-order valence-corrected chi connectivity index (χ0v) is 23.4. The molecule has 3 amide bonds. The van der Waals surface area contributed by atoms with Crippen LogP contribution in [-0.4, -0.2) is 53.9 Å². The second-order valence-electron chi connectivity index (χ2n) is 9.80. The molecule has 0 saturated carbocycles. The van der Waals surface area contributed by atoms with Crippen molar-refractivity contribution in [2.24, 2.45) is 0 Å². The maximum absolute atomic E-state index is 13.8. The van der Waals surface area contributed by atoms with Crippen LogP contribution in [-0.2, 0) is 14.3 Å². The Balaban J connectivity index is 2.44. The summed E-state index contributed by atoms with van der Waals surface area (Å²) in [5.41, 5.74) is 1.48. The number of nitrogens with zero attached hydrogens (tertiary/aromatic N) is 1. The summed E-state index contributed by atoms with van der Waals surface area (Å²) in [4.78, 5) is 41.5. The monoisotopic (exact) mass is 529 g/mol. The summed E-state index contributed by atoms with van der Waals surface area (Å²) in [6.45, 7) is 9.50. The van der Waals surface area contributed by atoms with Gasteiger partial charge in [-0.15, -0.1) is 0 Å². The number of alkyl carbamates (subject to hydrolysis) is 1. The Hall–Kier alpha value is -3.20. The number of hydrogen-bond acceptors (Lipinski definition) is 6. The maximum atomic E-state index is 13.8. The number of ether oxygens (including phenoxy) is 2. The highest BCUT2D eigenvalue weighted by Gasteiger charge is 2.35. The van der Waals surface area contributed by atoms with Gasteiger partial charge < -0.3 is 25.0 Å². The van der Waals surface area contributed by atoms with E-state index in [0.717, 1.165) is 12.0 Å². The molecule has 9 heteroatoms. The Kier molecular flexibility index (Phi) is 11.3. The zero-order chi connectivity index (χ0) is 27.6. The number of rotatable bonds is 11. The predicted molar refractivity (Wildman–Crippen MR) is 149 cm³/mol. The molecule has 0 aliphatic rings. The van der Waals surface area contributed by atoms with Crippen LogP contribution in [0.1, 0.15) is 57.7 Å². The molecule has 202 valence electrons. The van der Waals surface area contributed by atoms with Crippen molar-refractivity contribution in [3.8, 4) is 5.75 Å². The third kappa shape index (κ3) is 9.31. The van der Waals surface area contributed by atoms with Crippen molar-refractivity contribution in [2.75, 3.05) is 24.7 Å². The molecule has 2 N–H and O–H groups in total. The van der Waals surface area contributed by atoms with Crippen molar-refractivity contribution in [3.05, 3.63) is 59.7 Å². The molecule has 0 fully saturated rings. The van der Waals surface area contributed by atoms with Crippen LogP contribution in [0.2, 0.25) is 0 Å². The molecule has 2 atom stereocenters. The van der Waals surface area contributed by atoms with E-state index in [2.05, 4.69) is 23.3 Å². The Morgan fingerprint density at radius 3 is 2.30 bits per heavy atom. The molecule has 0 bridgehead atoms. The first-order valence-corrected chi connectivity index (χ1v) is 13.0. The van der Waals surface area contributed by atoms with Crippen LogP contribution in [0.5, 0.6) is 5.75 Å². The summed E-state index contributed by atoms with van der Waals surface area (Å²) in [7, 11) is 1.57. The lowest BCUT2D eigenvalue weighted by Gasteiger charge is -2.34. The van der Waals surface area contributed by atoms with Gasteiger partial charge in [-0.25, -0.2) is 4.79 Å². The average Bonchev–Trinajstić information content (AvgIpc) is 2.84. The first-order chi connectivity index (χ1) is 17.5. The first kappa shape index (κ1) is 30.0. The van der Waals surface area contributed by atoms with E-state index in [1.807, 2.05) is 38.1 Å². The van der Waals surface area contributed by atoms with Crippen molar-refractivity contribution < 1.29 is 23.9 Å². The van der Waals surface area contributed by atoms with E-state index in [0.29, 0.717) is 30.0 Å². The number of hydrogen-bond donors (Lipinski definition) is 3. The molecule has 8 nitrogen and oxygen atoms in total. The molecule has 0 aliphatic heterocycles. The van der Waals surface area contributed by atoms with E-state index in [4.69, 9.17) is 9.47 Å². The number of carbonyl (C=O) groups is 3. The van der Waals surface area contributed by atoms with Crippen molar-refractivity contribution >= 4 is 36.2 Å². The van der Waals surface area contributed by atoms with Crippen molar-refractivity contribution in [1.82, 2.24) is 10.2 Å². The second kappa shape index (κ2) is 13.9. The van der Waals surface area contributed by atoms with Gasteiger partial charge in [0.15, 0.2) is 0 Å². The molecule has 0 radical (unpaired) electrons. The highest BCUT2D eigenvalue weighted by atomic mass is 32.1. The topological polar surface area (TPSA) is 97.0 Å². The summed E-state index contributed by atoms with van der Waals surface area (Å²) in [5, 5.41) is 5.56. The average molecular weight is 530 g/mol. The van der Waals surface area contributed by atoms with Crippen LogP contribution in [0, 0.1) is 6.92 Å². The lowest BCUT2D eigenvalue weighted by molar-refractivity contribution is -0.140. The zero-order valence-electron chi connectivity index (χ0n) is 22.5. The number of unbranched alkanes of at least 4 members (excludes halogenated alkanes) is 1. The number of carbonyl (C=O) groups excluding carboxylic acids is 3. The minimum absolute atomic E-state index is 0.0430. The van der Waals surface area contributed by atoms with Gasteiger partial charge in [-0.05, 0) is 63.9 Å². The summed E-state index contributed by atoms with van der Waals surface area (Å²) in [6, 6.07) is 12.6. The summed E-state index contributed by atoms with van der Waals surface area (Å²) >= 11 is 4.32. The molecule has 2 aromatic rings. The Morgan fingerprint density at radius 1 is 1.08 bits per heavy atom. The predicted octanol–water partition coefficient (Wildman–Crippen LogP) is 5.14. The van der Waals surface area contributed by atoms with Gasteiger partial charge in [-0.1, -0.05) is 43.2 Å². The third-order valence-electron chi connectivity index (χ3n) is 5.48. The largest absolute Gasteiger partial charge is 0.497 e. The number of benzene rings is 2. The van der Waals surface area contributed by atoms with Gasteiger partial charge >= 0.3 is 6.09 Å².